The predicted molar refractivity (Wildman–Crippen MR) is 128 cm³/mol. The van der Waals surface area contributed by atoms with E-state index in [-0.39, 0.29) is 29.0 Å². The van der Waals surface area contributed by atoms with Crippen LogP contribution in [0.15, 0.2) is 48.6 Å². The Kier molecular flexibility index (Phi) is 9.95. The topological polar surface area (TPSA) is 140 Å². The molecule has 0 saturated heterocycles. The molecule has 0 spiro atoms. The van der Waals surface area contributed by atoms with Gasteiger partial charge in [-0.1, -0.05) is 5.57 Å². The number of ether oxygens (including phenoxy) is 2. The molecule has 0 saturated carbocycles. The molecule has 8 nitrogen and oxygen atoms in total. The highest BCUT2D eigenvalue weighted by atomic mass is 19.1. The van der Waals surface area contributed by atoms with Crippen LogP contribution in [-0.4, -0.2) is 81.0 Å². The maximum Gasteiger partial charge on any atom is 0.126 e. The maximum absolute atomic E-state index is 14.7. The molecule has 0 heterocycles. The zero-order valence-corrected chi connectivity index (χ0v) is 20.5. The number of methoxy groups -OCH3 is 2. The lowest BCUT2D eigenvalue weighted by atomic mass is 9.71. The fourth-order valence-electron chi connectivity index (χ4n) is 4.30. The molecule has 2 aromatic rings. The average molecular weight is 513 g/mol. The summed E-state index contributed by atoms with van der Waals surface area (Å²) in [6.07, 6.45) is -8.27. The molecule has 200 valence electrons. The Labute approximate surface area is 208 Å². The van der Waals surface area contributed by atoms with Crippen LogP contribution in [0.4, 0.5) is 8.78 Å². The van der Waals surface area contributed by atoms with Gasteiger partial charge in [-0.25, -0.2) is 8.78 Å². The standard InChI is InChI=1S/C26H34F2O8/c1-15(2)11-25(33,12-16-9-18(35-3)5-7-20(16)27)24(32)26(34,23(31)22(30)14-29)13-17-10-19(36-4)6-8-21(17)28/h5-10,22-24,29-34H,1,11-14H2,2-4H3/t22-,23+,24+,25?,26+/m0/s1. The van der Waals surface area contributed by atoms with E-state index in [1.54, 1.807) is 0 Å². The smallest absolute Gasteiger partial charge is 0.126 e. The predicted octanol–water partition coefficient (Wildman–Crippen LogP) is 1.27. The number of aliphatic hydroxyl groups excluding tert-OH is 4. The highest BCUT2D eigenvalue weighted by molar-refractivity contribution is 5.34. The Bertz CT molecular complexity index is 1050. The third kappa shape index (κ3) is 6.58. The molecule has 5 atom stereocenters. The van der Waals surface area contributed by atoms with Crippen molar-refractivity contribution in [2.75, 3.05) is 20.8 Å². The number of benzene rings is 2. The lowest BCUT2D eigenvalue weighted by Crippen LogP contribution is -2.66. The summed E-state index contributed by atoms with van der Waals surface area (Å²) in [7, 11) is 2.69. The summed E-state index contributed by atoms with van der Waals surface area (Å²) >= 11 is 0. The van der Waals surface area contributed by atoms with Crippen molar-refractivity contribution in [1.29, 1.82) is 0 Å². The second kappa shape index (κ2) is 12.1. The average Bonchev–Trinajstić information content (AvgIpc) is 2.84. The quantitative estimate of drug-likeness (QED) is 0.221. The van der Waals surface area contributed by atoms with E-state index in [0.29, 0.717) is 5.57 Å². The maximum atomic E-state index is 14.7. The van der Waals surface area contributed by atoms with E-state index in [1.165, 1.54) is 45.4 Å². The highest BCUT2D eigenvalue weighted by Gasteiger charge is 2.54. The van der Waals surface area contributed by atoms with Gasteiger partial charge in [-0.2, -0.15) is 0 Å². The summed E-state index contributed by atoms with van der Waals surface area (Å²) < 4.78 is 39.5. The van der Waals surface area contributed by atoms with Crippen molar-refractivity contribution >= 4 is 0 Å². The van der Waals surface area contributed by atoms with Crippen molar-refractivity contribution in [3.8, 4) is 11.5 Å². The molecule has 36 heavy (non-hydrogen) atoms. The Morgan fingerprint density at radius 1 is 0.917 bits per heavy atom. The summed E-state index contributed by atoms with van der Waals surface area (Å²) in [5.74, 6) is -1.09. The van der Waals surface area contributed by atoms with Gasteiger partial charge in [0.15, 0.2) is 0 Å². The van der Waals surface area contributed by atoms with Crippen molar-refractivity contribution in [2.24, 2.45) is 0 Å². The van der Waals surface area contributed by atoms with E-state index < -0.39 is 60.6 Å². The monoisotopic (exact) mass is 512 g/mol. The summed E-state index contributed by atoms with van der Waals surface area (Å²) in [4.78, 5) is 0. The van der Waals surface area contributed by atoms with Crippen molar-refractivity contribution in [1.82, 2.24) is 0 Å². The van der Waals surface area contributed by atoms with Crippen LogP contribution in [-0.2, 0) is 12.8 Å². The van der Waals surface area contributed by atoms with Gasteiger partial charge >= 0.3 is 0 Å². The van der Waals surface area contributed by atoms with E-state index in [2.05, 4.69) is 6.58 Å². The molecule has 0 amide bonds. The first-order valence-electron chi connectivity index (χ1n) is 11.2. The number of hydrogen-bond acceptors (Lipinski definition) is 8. The Hall–Kier alpha value is -2.60. The molecule has 1 unspecified atom stereocenters. The minimum Gasteiger partial charge on any atom is -0.497 e. The zero-order valence-electron chi connectivity index (χ0n) is 20.5. The molecular formula is C26H34F2O8. The van der Waals surface area contributed by atoms with Crippen LogP contribution in [0.25, 0.3) is 0 Å². The van der Waals surface area contributed by atoms with Crippen LogP contribution in [0, 0.1) is 11.6 Å². The molecule has 0 aliphatic rings. The SMILES string of the molecule is C=C(C)CC(O)(Cc1cc(OC)ccc1F)[C@@H](O)[C@@](O)(Cc1cc(OC)ccc1F)[C@H](O)[C@@H](O)CO. The third-order valence-corrected chi connectivity index (χ3v) is 6.13. The number of halogens is 2. The van der Waals surface area contributed by atoms with E-state index >= 15 is 0 Å². The minimum absolute atomic E-state index is 0.0794. The van der Waals surface area contributed by atoms with Gasteiger partial charge in [-0.05, 0) is 60.9 Å². The van der Waals surface area contributed by atoms with Crippen molar-refractivity contribution < 1.29 is 48.9 Å². The Balaban J connectivity index is 2.64. The van der Waals surface area contributed by atoms with E-state index in [9.17, 15) is 39.4 Å². The summed E-state index contributed by atoms with van der Waals surface area (Å²) in [5.41, 5.74) is -5.14. The van der Waals surface area contributed by atoms with Crippen LogP contribution < -0.4 is 9.47 Å². The normalized spacial score (nSPS) is 17.4. The summed E-state index contributed by atoms with van der Waals surface area (Å²) in [6, 6.07) is 7.33. The molecule has 0 fully saturated rings. The van der Waals surface area contributed by atoms with Gasteiger partial charge in [0.1, 0.15) is 52.6 Å². The Morgan fingerprint density at radius 3 is 1.81 bits per heavy atom. The van der Waals surface area contributed by atoms with Crippen molar-refractivity contribution in [2.45, 2.75) is 55.7 Å². The van der Waals surface area contributed by atoms with E-state index in [1.807, 2.05) is 0 Å². The van der Waals surface area contributed by atoms with Crippen LogP contribution in [0.2, 0.25) is 0 Å². The summed E-state index contributed by atoms with van der Waals surface area (Å²) in [5, 5.41) is 65.0. The van der Waals surface area contributed by atoms with E-state index in [4.69, 9.17) is 9.47 Å². The zero-order chi connectivity index (χ0) is 27.3. The van der Waals surface area contributed by atoms with Gasteiger partial charge in [0.05, 0.1) is 20.8 Å². The molecule has 0 aromatic heterocycles. The lowest BCUT2D eigenvalue weighted by Gasteiger charge is -2.46. The Morgan fingerprint density at radius 2 is 1.39 bits per heavy atom. The molecule has 2 aromatic carbocycles. The van der Waals surface area contributed by atoms with Gasteiger partial charge in [-0.3, -0.25) is 0 Å². The van der Waals surface area contributed by atoms with Crippen LogP contribution in [0.5, 0.6) is 11.5 Å². The van der Waals surface area contributed by atoms with Gasteiger partial charge in [0, 0.05) is 12.8 Å². The first-order chi connectivity index (χ1) is 16.8. The fraction of sp³-hybridized carbons (Fsp3) is 0.462. The molecule has 0 radical (unpaired) electrons. The van der Waals surface area contributed by atoms with Crippen molar-refractivity contribution in [3.05, 3.63) is 71.3 Å². The number of rotatable bonds is 13. The second-order valence-corrected chi connectivity index (χ2v) is 9.09. The molecular weight excluding hydrogens is 478 g/mol. The molecule has 10 heteroatoms. The summed E-state index contributed by atoms with van der Waals surface area (Å²) in [6.45, 7) is 4.23. The molecule has 6 N–H and O–H groups in total. The minimum atomic E-state index is -2.82. The fourth-order valence-corrected chi connectivity index (χ4v) is 4.30. The van der Waals surface area contributed by atoms with Crippen LogP contribution in [0.3, 0.4) is 0 Å². The van der Waals surface area contributed by atoms with Crippen LogP contribution >= 0.6 is 0 Å². The largest absolute Gasteiger partial charge is 0.497 e. The first-order valence-corrected chi connectivity index (χ1v) is 11.2. The number of hydrogen-bond donors (Lipinski definition) is 6. The van der Waals surface area contributed by atoms with Crippen molar-refractivity contribution in [3.63, 3.8) is 0 Å². The van der Waals surface area contributed by atoms with Gasteiger partial charge in [0.2, 0.25) is 0 Å². The molecule has 2 rings (SSSR count). The third-order valence-electron chi connectivity index (χ3n) is 6.13. The van der Waals surface area contributed by atoms with Gasteiger partial charge in [0.25, 0.3) is 0 Å². The lowest BCUT2D eigenvalue weighted by molar-refractivity contribution is -0.228. The second-order valence-electron chi connectivity index (χ2n) is 9.09. The molecule has 0 aliphatic heterocycles. The van der Waals surface area contributed by atoms with Gasteiger partial charge < -0.3 is 40.1 Å². The van der Waals surface area contributed by atoms with Gasteiger partial charge in [-0.15, -0.1) is 6.58 Å². The first kappa shape index (κ1) is 29.6. The number of aliphatic hydroxyl groups is 6. The van der Waals surface area contributed by atoms with Crippen LogP contribution in [0.1, 0.15) is 24.5 Å². The highest BCUT2D eigenvalue weighted by Crippen LogP contribution is 2.37. The van der Waals surface area contributed by atoms with E-state index in [0.717, 1.165) is 12.1 Å². The molecule has 0 bridgehead atoms. The molecule has 0 aliphatic carbocycles.